The van der Waals surface area contributed by atoms with Crippen LogP contribution in [0.25, 0.3) is 0 Å². The molecular weight excluding hydrogens is 291 g/mol. The molecule has 0 aromatic heterocycles. The van der Waals surface area contributed by atoms with Crippen LogP contribution in [0.2, 0.25) is 5.02 Å². The maximum atomic E-state index is 14.1. The van der Waals surface area contributed by atoms with Gasteiger partial charge in [0.05, 0.1) is 0 Å². The summed E-state index contributed by atoms with van der Waals surface area (Å²) in [5.41, 5.74) is 5.38. The summed E-state index contributed by atoms with van der Waals surface area (Å²) < 4.78 is 40.9. The second kappa shape index (κ2) is 4.70. The number of nitrogens with two attached hydrogens (primary N) is 1. The summed E-state index contributed by atoms with van der Waals surface area (Å²) in [6.45, 7) is 3.78. The fraction of sp³-hybridized carbons (Fsp3) is 0.500. The van der Waals surface area contributed by atoms with E-state index in [1.807, 2.05) is 13.8 Å². The Labute approximate surface area is 117 Å². The van der Waals surface area contributed by atoms with Gasteiger partial charge in [-0.1, -0.05) is 25.4 Å². The molecule has 0 bridgehead atoms. The number of sulfonamides is 1. The van der Waals surface area contributed by atoms with Crippen molar-refractivity contribution in [3.05, 3.63) is 28.5 Å². The summed E-state index contributed by atoms with van der Waals surface area (Å²) in [6, 6.07) is 2.27. The minimum Gasteiger partial charge on any atom is -0.326 e. The van der Waals surface area contributed by atoms with Gasteiger partial charge in [0.2, 0.25) is 10.0 Å². The minimum atomic E-state index is -3.92. The van der Waals surface area contributed by atoms with Crippen LogP contribution in [0.15, 0.2) is 17.0 Å². The van der Waals surface area contributed by atoms with Crippen LogP contribution in [-0.2, 0) is 16.6 Å². The Morgan fingerprint density at radius 3 is 2.58 bits per heavy atom. The fourth-order valence-electron chi connectivity index (χ4n) is 1.88. The third-order valence-electron chi connectivity index (χ3n) is 3.40. The molecule has 0 heterocycles. The molecule has 0 aliphatic heterocycles. The first-order valence-electron chi connectivity index (χ1n) is 5.88. The molecule has 1 fully saturated rings. The lowest BCUT2D eigenvalue weighted by molar-refractivity contribution is 0.536. The molecule has 2 rings (SSSR count). The number of nitrogens with one attached hydrogen (secondary N) is 1. The molecule has 1 atom stereocenters. The Hall–Kier alpha value is -0.690. The Morgan fingerprint density at radius 2 is 2.11 bits per heavy atom. The molecule has 0 amide bonds. The van der Waals surface area contributed by atoms with Crippen LogP contribution in [0.4, 0.5) is 4.39 Å². The lowest BCUT2D eigenvalue weighted by Gasteiger charge is -2.11. The monoisotopic (exact) mass is 306 g/mol. The van der Waals surface area contributed by atoms with Gasteiger partial charge in [-0.15, -0.1) is 0 Å². The van der Waals surface area contributed by atoms with Crippen molar-refractivity contribution in [2.75, 3.05) is 0 Å². The van der Waals surface area contributed by atoms with Gasteiger partial charge in [-0.05, 0) is 24.0 Å². The topological polar surface area (TPSA) is 72.2 Å². The predicted molar refractivity (Wildman–Crippen MR) is 71.8 cm³/mol. The lowest BCUT2D eigenvalue weighted by atomic mass is 10.2. The fourth-order valence-corrected chi connectivity index (χ4v) is 3.74. The zero-order valence-corrected chi connectivity index (χ0v) is 12.3. The molecule has 19 heavy (non-hydrogen) atoms. The van der Waals surface area contributed by atoms with Crippen LogP contribution in [-0.4, -0.2) is 14.5 Å². The van der Waals surface area contributed by atoms with E-state index < -0.39 is 20.7 Å². The molecule has 106 valence electrons. The average molecular weight is 307 g/mol. The SMILES string of the molecule is CC1(C)CC1NS(=O)(=O)c1cc(Cl)cc(CN)c1F. The Bertz CT molecular complexity index is 616. The number of rotatable bonds is 4. The number of hydrogen-bond donors (Lipinski definition) is 2. The zero-order chi connectivity index (χ0) is 14.4. The van der Waals surface area contributed by atoms with Crippen molar-refractivity contribution < 1.29 is 12.8 Å². The van der Waals surface area contributed by atoms with E-state index in [-0.39, 0.29) is 28.6 Å². The van der Waals surface area contributed by atoms with Gasteiger partial charge in [-0.3, -0.25) is 0 Å². The molecule has 1 saturated carbocycles. The van der Waals surface area contributed by atoms with Crippen molar-refractivity contribution in [2.24, 2.45) is 11.1 Å². The highest BCUT2D eigenvalue weighted by atomic mass is 35.5. The van der Waals surface area contributed by atoms with E-state index in [9.17, 15) is 12.8 Å². The van der Waals surface area contributed by atoms with Gasteiger partial charge in [-0.25, -0.2) is 17.5 Å². The van der Waals surface area contributed by atoms with Gasteiger partial charge < -0.3 is 5.73 Å². The van der Waals surface area contributed by atoms with E-state index in [1.165, 1.54) is 6.07 Å². The molecule has 7 heteroatoms. The first-order valence-corrected chi connectivity index (χ1v) is 7.74. The van der Waals surface area contributed by atoms with Crippen LogP contribution in [0.1, 0.15) is 25.8 Å². The van der Waals surface area contributed by atoms with Crippen LogP contribution < -0.4 is 10.5 Å². The summed E-state index contributed by atoms with van der Waals surface area (Å²) in [4.78, 5) is -0.442. The van der Waals surface area contributed by atoms with Crippen molar-refractivity contribution in [3.8, 4) is 0 Å². The minimum absolute atomic E-state index is 0.0845. The van der Waals surface area contributed by atoms with Crippen molar-refractivity contribution in [2.45, 2.75) is 37.8 Å². The average Bonchev–Trinajstić information content (AvgIpc) is 2.87. The molecule has 1 aromatic rings. The quantitative estimate of drug-likeness (QED) is 0.894. The van der Waals surface area contributed by atoms with E-state index in [1.54, 1.807) is 0 Å². The molecule has 1 aliphatic rings. The van der Waals surface area contributed by atoms with Gasteiger partial charge in [-0.2, -0.15) is 0 Å². The van der Waals surface area contributed by atoms with Gasteiger partial charge in [0.25, 0.3) is 0 Å². The van der Waals surface area contributed by atoms with E-state index in [2.05, 4.69) is 4.72 Å². The van der Waals surface area contributed by atoms with E-state index >= 15 is 0 Å². The van der Waals surface area contributed by atoms with Crippen molar-refractivity contribution >= 4 is 21.6 Å². The first kappa shape index (κ1) is 14.7. The van der Waals surface area contributed by atoms with Gasteiger partial charge in [0.15, 0.2) is 0 Å². The number of benzene rings is 1. The Morgan fingerprint density at radius 1 is 1.53 bits per heavy atom. The van der Waals surface area contributed by atoms with E-state index in [4.69, 9.17) is 17.3 Å². The van der Waals surface area contributed by atoms with Crippen molar-refractivity contribution in [1.82, 2.24) is 4.72 Å². The highest BCUT2D eigenvalue weighted by Gasteiger charge is 2.48. The lowest BCUT2D eigenvalue weighted by Crippen LogP contribution is -2.29. The molecule has 4 nitrogen and oxygen atoms in total. The molecule has 1 aromatic carbocycles. The maximum Gasteiger partial charge on any atom is 0.243 e. The Balaban J connectivity index is 2.38. The summed E-state index contributed by atoms with van der Waals surface area (Å²) in [6.07, 6.45) is 0.734. The molecule has 0 saturated heterocycles. The second-order valence-corrected chi connectivity index (χ2v) is 7.57. The zero-order valence-electron chi connectivity index (χ0n) is 10.7. The van der Waals surface area contributed by atoms with Gasteiger partial charge in [0, 0.05) is 23.2 Å². The van der Waals surface area contributed by atoms with E-state index in [0.29, 0.717) is 0 Å². The highest BCUT2D eigenvalue weighted by molar-refractivity contribution is 7.89. The molecular formula is C12H16ClFN2O2S. The molecule has 3 N–H and O–H groups in total. The third-order valence-corrected chi connectivity index (χ3v) is 5.09. The van der Waals surface area contributed by atoms with E-state index in [0.717, 1.165) is 12.5 Å². The summed E-state index contributed by atoms with van der Waals surface area (Å²) >= 11 is 5.80. The smallest absolute Gasteiger partial charge is 0.243 e. The largest absolute Gasteiger partial charge is 0.326 e. The predicted octanol–water partition coefficient (Wildman–Crippen LogP) is 2.01. The summed E-state index contributed by atoms with van der Waals surface area (Å²) in [5, 5.41) is 0.150. The van der Waals surface area contributed by atoms with Crippen LogP contribution in [0.5, 0.6) is 0 Å². The van der Waals surface area contributed by atoms with Gasteiger partial charge in [0.1, 0.15) is 10.7 Å². The summed E-state index contributed by atoms with van der Waals surface area (Å²) in [5.74, 6) is -0.835. The first-order chi connectivity index (χ1) is 8.67. The molecule has 1 unspecified atom stereocenters. The van der Waals surface area contributed by atoms with Crippen molar-refractivity contribution in [1.29, 1.82) is 0 Å². The molecule has 1 aliphatic carbocycles. The second-order valence-electron chi connectivity index (χ2n) is 5.45. The summed E-state index contributed by atoms with van der Waals surface area (Å²) in [7, 11) is -3.92. The third kappa shape index (κ3) is 2.91. The maximum absolute atomic E-state index is 14.1. The number of halogens is 2. The molecule has 0 radical (unpaired) electrons. The van der Waals surface area contributed by atoms with Crippen LogP contribution >= 0.6 is 11.6 Å². The van der Waals surface area contributed by atoms with Crippen molar-refractivity contribution in [3.63, 3.8) is 0 Å². The van der Waals surface area contributed by atoms with Gasteiger partial charge >= 0.3 is 0 Å². The number of hydrogen-bond acceptors (Lipinski definition) is 3. The molecule has 0 spiro atoms. The Kier molecular flexibility index (Phi) is 3.64. The normalized spacial score (nSPS) is 21.4. The van der Waals surface area contributed by atoms with Crippen LogP contribution in [0, 0.1) is 11.2 Å². The standard InChI is InChI=1S/C12H16ClFN2O2S/c1-12(2)5-10(12)16-19(17,18)9-4-8(13)3-7(6-15)11(9)14/h3-4,10,16H,5-6,15H2,1-2H3. The highest BCUT2D eigenvalue weighted by Crippen LogP contribution is 2.45. The van der Waals surface area contributed by atoms with Crippen LogP contribution in [0.3, 0.4) is 0 Å².